The van der Waals surface area contributed by atoms with Crippen molar-refractivity contribution in [1.29, 1.82) is 0 Å². The number of aliphatic hydroxyl groups is 2. The molecule has 1 aromatic heterocycles. The molecule has 4 N–H and O–H groups in total. The molecule has 0 amide bonds. The van der Waals surface area contributed by atoms with Gasteiger partial charge in [0.2, 0.25) is 0 Å². The summed E-state index contributed by atoms with van der Waals surface area (Å²) in [5.74, 6) is 0. The van der Waals surface area contributed by atoms with Gasteiger partial charge in [-0.15, -0.1) is 0 Å². The number of aromatic amines is 2. The van der Waals surface area contributed by atoms with Gasteiger partial charge in [-0.05, 0) is 30.5 Å². The molecule has 86 valence electrons. The molecule has 0 fully saturated rings. The summed E-state index contributed by atoms with van der Waals surface area (Å²) < 4.78 is 0. The van der Waals surface area contributed by atoms with Crippen LogP contribution in [-0.4, -0.2) is 26.8 Å². The average Bonchev–Trinajstić information content (AvgIpc) is 2.64. The van der Waals surface area contributed by atoms with E-state index in [0.717, 1.165) is 11.1 Å². The normalized spacial score (nSPS) is 13.1. The Labute approximate surface area is 91.8 Å². The molecule has 0 spiro atoms. The second-order valence-electron chi connectivity index (χ2n) is 3.77. The second kappa shape index (κ2) is 4.51. The molecule has 1 aromatic carbocycles. The van der Waals surface area contributed by atoms with Crippen molar-refractivity contribution in [3.63, 3.8) is 0 Å². The lowest BCUT2D eigenvalue weighted by Crippen LogP contribution is -1.99. The van der Waals surface area contributed by atoms with Crippen LogP contribution in [0.5, 0.6) is 0 Å². The minimum Gasteiger partial charge on any atom is -0.396 e. The highest BCUT2D eigenvalue weighted by molar-refractivity contribution is 5.75. The number of H-pyrrole nitrogens is 2. The van der Waals surface area contributed by atoms with Crippen LogP contribution in [0.15, 0.2) is 23.0 Å². The van der Waals surface area contributed by atoms with Crippen LogP contribution in [-0.2, 0) is 0 Å². The molecule has 5 heteroatoms. The van der Waals surface area contributed by atoms with Crippen LogP contribution in [0.3, 0.4) is 0 Å². The smallest absolute Gasteiger partial charge is 0.323 e. The maximum atomic E-state index is 11.0. The topological polar surface area (TPSA) is 89.1 Å². The van der Waals surface area contributed by atoms with E-state index in [1.807, 2.05) is 0 Å². The molecule has 0 bridgehead atoms. The maximum Gasteiger partial charge on any atom is 0.323 e. The first-order valence-corrected chi connectivity index (χ1v) is 5.21. The number of aromatic nitrogens is 2. The van der Waals surface area contributed by atoms with Crippen molar-refractivity contribution >= 4 is 11.0 Å². The fourth-order valence-electron chi connectivity index (χ4n) is 1.71. The SMILES string of the molecule is O=c1[nH]c2ccc(C(O)CCCO)cc2[nH]1. The summed E-state index contributed by atoms with van der Waals surface area (Å²) in [4.78, 5) is 16.3. The first-order valence-electron chi connectivity index (χ1n) is 5.21. The van der Waals surface area contributed by atoms with Gasteiger partial charge < -0.3 is 20.2 Å². The molecule has 0 saturated carbocycles. The summed E-state index contributed by atoms with van der Waals surface area (Å²) in [7, 11) is 0. The number of hydrogen-bond acceptors (Lipinski definition) is 3. The van der Waals surface area contributed by atoms with Crippen LogP contribution in [0.1, 0.15) is 24.5 Å². The first-order chi connectivity index (χ1) is 7.70. The van der Waals surface area contributed by atoms with Crippen molar-refractivity contribution in [1.82, 2.24) is 9.97 Å². The highest BCUT2D eigenvalue weighted by atomic mass is 16.3. The van der Waals surface area contributed by atoms with Gasteiger partial charge in [0.1, 0.15) is 0 Å². The van der Waals surface area contributed by atoms with Gasteiger partial charge >= 0.3 is 5.69 Å². The predicted molar refractivity (Wildman–Crippen MR) is 60.2 cm³/mol. The van der Waals surface area contributed by atoms with E-state index in [-0.39, 0.29) is 12.3 Å². The van der Waals surface area contributed by atoms with Crippen molar-refractivity contribution < 1.29 is 10.2 Å². The van der Waals surface area contributed by atoms with Gasteiger partial charge in [0, 0.05) is 6.61 Å². The largest absolute Gasteiger partial charge is 0.396 e. The Kier molecular flexibility index (Phi) is 3.07. The van der Waals surface area contributed by atoms with E-state index in [1.165, 1.54) is 0 Å². The van der Waals surface area contributed by atoms with E-state index in [0.29, 0.717) is 18.4 Å². The molecular formula is C11H14N2O3. The third kappa shape index (κ3) is 2.15. The highest BCUT2D eigenvalue weighted by Crippen LogP contribution is 2.20. The Bertz CT molecular complexity index is 529. The van der Waals surface area contributed by atoms with Gasteiger partial charge in [-0.2, -0.15) is 0 Å². The number of fused-ring (bicyclic) bond motifs is 1. The molecule has 0 saturated heterocycles. The average molecular weight is 222 g/mol. The zero-order valence-corrected chi connectivity index (χ0v) is 8.73. The lowest BCUT2D eigenvalue weighted by molar-refractivity contribution is 0.152. The molecular weight excluding hydrogens is 208 g/mol. The van der Waals surface area contributed by atoms with Crippen LogP contribution in [0.2, 0.25) is 0 Å². The fourth-order valence-corrected chi connectivity index (χ4v) is 1.71. The first kappa shape index (κ1) is 10.9. The summed E-state index contributed by atoms with van der Waals surface area (Å²) in [5, 5.41) is 18.5. The van der Waals surface area contributed by atoms with Gasteiger partial charge in [0.25, 0.3) is 0 Å². The third-order valence-electron chi connectivity index (χ3n) is 2.56. The van der Waals surface area contributed by atoms with Gasteiger partial charge in [-0.25, -0.2) is 4.79 Å². The van der Waals surface area contributed by atoms with Gasteiger partial charge in [-0.1, -0.05) is 6.07 Å². The third-order valence-corrected chi connectivity index (χ3v) is 2.56. The minimum atomic E-state index is -0.602. The van der Waals surface area contributed by atoms with Crippen LogP contribution >= 0.6 is 0 Å². The Morgan fingerprint density at radius 3 is 2.75 bits per heavy atom. The quantitative estimate of drug-likeness (QED) is 0.612. The Balaban J connectivity index is 2.27. The van der Waals surface area contributed by atoms with Crippen LogP contribution in [0.25, 0.3) is 11.0 Å². The molecule has 5 nitrogen and oxygen atoms in total. The fraction of sp³-hybridized carbons (Fsp3) is 0.364. The Morgan fingerprint density at radius 1 is 1.25 bits per heavy atom. The summed E-state index contributed by atoms with van der Waals surface area (Å²) >= 11 is 0. The highest BCUT2D eigenvalue weighted by Gasteiger charge is 2.08. The molecule has 1 atom stereocenters. The summed E-state index contributed by atoms with van der Waals surface area (Å²) in [5.41, 5.74) is 1.90. The van der Waals surface area contributed by atoms with Crippen molar-refractivity contribution in [3.05, 3.63) is 34.2 Å². The van der Waals surface area contributed by atoms with Crippen molar-refractivity contribution in [2.24, 2.45) is 0 Å². The number of hydrogen-bond donors (Lipinski definition) is 4. The number of nitrogens with one attached hydrogen (secondary N) is 2. The minimum absolute atomic E-state index is 0.0697. The van der Waals surface area contributed by atoms with Crippen molar-refractivity contribution in [2.75, 3.05) is 6.61 Å². The number of imidazole rings is 1. The standard InChI is InChI=1S/C11H14N2O3/c14-5-1-2-10(15)7-3-4-8-9(6-7)13-11(16)12-8/h3-4,6,10,14-15H,1-2,5H2,(H2,12,13,16). The summed E-state index contributed by atoms with van der Waals surface area (Å²) in [6, 6.07) is 5.27. The summed E-state index contributed by atoms with van der Waals surface area (Å²) in [6.45, 7) is 0.0697. The molecule has 2 aromatic rings. The van der Waals surface area contributed by atoms with Crippen LogP contribution in [0, 0.1) is 0 Å². The zero-order chi connectivity index (χ0) is 11.5. The maximum absolute atomic E-state index is 11.0. The van der Waals surface area contributed by atoms with Crippen LogP contribution < -0.4 is 5.69 Å². The van der Waals surface area contributed by atoms with Crippen molar-refractivity contribution in [3.8, 4) is 0 Å². The van der Waals surface area contributed by atoms with Gasteiger partial charge in [-0.3, -0.25) is 0 Å². The molecule has 0 radical (unpaired) electrons. The molecule has 0 aliphatic heterocycles. The Morgan fingerprint density at radius 2 is 2.00 bits per heavy atom. The van der Waals surface area contributed by atoms with Gasteiger partial charge in [0.05, 0.1) is 17.1 Å². The second-order valence-corrected chi connectivity index (χ2v) is 3.77. The molecule has 1 heterocycles. The molecule has 0 aliphatic rings. The lowest BCUT2D eigenvalue weighted by Gasteiger charge is -2.09. The number of rotatable bonds is 4. The summed E-state index contributed by atoms with van der Waals surface area (Å²) in [6.07, 6.45) is 0.467. The molecule has 2 rings (SSSR count). The number of benzene rings is 1. The van der Waals surface area contributed by atoms with E-state index >= 15 is 0 Å². The van der Waals surface area contributed by atoms with Crippen molar-refractivity contribution in [2.45, 2.75) is 18.9 Å². The molecule has 16 heavy (non-hydrogen) atoms. The van der Waals surface area contributed by atoms with E-state index < -0.39 is 6.10 Å². The lowest BCUT2D eigenvalue weighted by atomic mass is 10.0. The molecule has 1 unspecified atom stereocenters. The van der Waals surface area contributed by atoms with Crippen LogP contribution in [0.4, 0.5) is 0 Å². The molecule has 0 aliphatic carbocycles. The number of aliphatic hydroxyl groups excluding tert-OH is 2. The predicted octanol–water partition coefficient (Wildman–Crippen LogP) is 0.662. The van der Waals surface area contributed by atoms with E-state index in [1.54, 1.807) is 18.2 Å². The zero-order valence-electron chi connectivity index (χ0n) is 8.73. The van der Waals surface area contributed by atoms with E-state index in [4.69, 9.17) is 5.11 Å². The Hall–Kier alpha value is -1.59. The van der Waals surface area contributed by atoms with E-state index in [9.17, 15) is 9.90 Å². The van der Waals surface area contributed by atoms with Gasteiger partial charge in [0.15, 0.2) is 0 Å². The van der Waals surface area contributed by atoms with E-state index in [2.05, 4.69) is 9.97 Å². The monoisotopic (exact) mass is 222 g/mol.